The van der Waals surface area contributed by atoms with Crippen LogP contribution in [0, 0.1) is 50.2 Å². The third-order valence-electron chi connectivity index (χ3n) is 22.8. The van der Waals surface area contributed by atoms with Gasteiger partial charge in [0.25, 0.3) is 0 Å². The Bertz CT molecular complexity index is 2330. The maximum Gasteiger partial charge on any atom is 0.315 e. The predicted molar refractivity (Wildman–Crippen MR) is 283 cm³/mol. The van der Waals surface area contributed by atoms with Crippen LogP contribution >= 0.6 is 0 Å². The fourth-order valence-corrected chi connectivity index (χ4v) is 17.3. The topological polar surface area (TPSA) is 413 Å². The molecule has 5 heterocycles. The van der Waals surface area contributed by atoms with Gasteiger partial charge in [-0.25, -0.2) is 0 Å². The molecule has 26 nitrogen and oxygen atoms in total. The number of esters is 1. The molecule has 9 fully saturated rings. The van der Waals surface area contributed by atoms with Crippen LogP contribution in [-0.4, -0.2) is 263 Å². The summed E-state index contributed by atoms with van der Waals surface area (Å²) >= 11 is 0. The zero-order valence-corrected chi connectivity index (χ0v) is 49.0. The molecule has 26 heteroatoms. The normalized spacial score (nSPS) is 54.9. The molecule has 15 N–H and O–H groups in total. The molecule has 0 aromatic heterocycles. The lowest BCUT2D eigenvalue weighted by Gasteiger charge is -2.71. The minimum absolute atomic E-state index is 0.0839. The Morgan fingerprint density at radius 2 is 1.17 bits per heavy atom. The van der Waals surface area contributed by atoms with E-state index in [0.29, 0.717) is 57.8 Å². The largest absolute Gasteiger partial charge is 0.432 e. The number of aliphatic hydroxyl groups excluding tert-OH is 15. The van der Waals surface area contributed by atoms with Gasteiger partial charge >= 0.3 is 5.97 Å². The Labute approximate surface area is 488 Å². The molecular formula is C58H94O26. The molecule has 5 aliphatic carbocycles. The fraction of sp³-hybridized carbons (Fsp3) is 0.948. The average Bonchev–Trinajstić information content (AvgIpc) is 0.774. The van der Waals surface area contributed by atoms with E-state index in [0.717, 1.165) is 6.42 Å². The summed E-state index contributed by atoms with van der Waals surface area (Å²) in [6.07, 6.45) is -28.8. The van der Waals surface area contributed by atoms with E-state index in [4.69, 9.17) is 47.4 Å². The van der Waals surface area contributed by atoms with Gasteiger partial charge in [-0.1, -0.05) is 53.2 Å². The molecule has 32 atom stereocenters. The molecule has 0 aromatic rings. The molecule has 10 rings (SSSR count). The van der Waals surface area contributed by atoms with Crippen molar-refractivity contribution < 1.29 is 129 Å². The van der Waals surface area contributed by atoms with Crippen molar-refractivity contribution >= 4 is 5.97 Å². The van der Waals surface area contributed by atoms with Crippen molar-refractivity contribution in [2.45, 2.75) is 260 Å². The van der Waals surface area contributed by atoms with E-state index in [1.165, 1.54) is 12.5 Å². The van der Waals surface area contributed by atoms with E-state index in [1.54, 1.807) is 0 Å². The number of hydrogen-bond donors (Lipinski definition) is 15. The van der Waals surface area contributed by atoms with Gasteiger partial charge in [-0.15, -0.1) is 0 Å². The van der Waals surface area contributed by atoms with Gasteiger partial charge in [0.05, 0.1) is 50.7 Å². The van der Waals surface area contributed by atoms with Gasteiger partial charge in [-0.05, 0) is 111 Å². The summed E-state index contributed by atoms with van der Waals surface area (Å²) in [6.45, 7) is 12.5. The maximum absolute atomic E-state index is 15.2. The Morgan fingerprint density at radius 1 is 0.571 bits per heavy atom. The average molecular weight is 1210 g/mol. The number of aliphatic hydroxyl groups is 15. The van der Waals surface area contributed by atoms with E-state index < -0.39 is 189 Å². The molecule has 5 aliphatic heterocycles. The Kier molecular flexibility index (Phi) is 18.7. The molecule has 0 bridgehead atoms. The van der Waals surface area contributed by atoms with Gasteiger partial charge < -0.3 is 124 Å². The van der Waals surface area contributed by atoms with E-state index in [9.17, 15) is 76.6 Å². The molecule has 0 unspecified atom stereocenters. The maximum atomic E-state index is 15.2. The number of hydrogen-bond acceptors (Lipinski definition) is 26. The lowest BCUT2D eigenvalue weighted by atomic mass is 9.33. The molecule has 482 valence electrons. The number of carbonyl (C=O) groups is 1. The fourth-order valence-electron chi connectivity index (χ4n) is 17.3. The third kappa shape index (κ3) is 10.9. The standard InChI is InChI=1S/C58H94O26/c1-24-34(63)38(67)43(72)49(78-24)83-46-45(82-48-41(70)35(64)27(61)20-75-48)28(62)21-76-51(46)81-33-11-12-54(4)31(55(33,5)23-60)10-13-57(7)32(54)9-8-25-26-18-53(2,3)14-16-58(26,17-15-56(25,57)6)52(74)84-50-44(73)40(69)37(66)30(80-50)22-77-47-42(71)39(68)36(65)29(19-59)79-47/h8,24,26-51,59-73H,9-23H2,1-7H3/t24-,26-,27-,28-,29+,30+,31+,32+,33-,34-,35-,36+,37+,38+,39-,40-,41+,42+,43+,44+,45-,46+,47+,48-,49-,50-,51-,54-,55-,56+,57+,58-/m0/s1. The summed E-state index contributed by atoms with van der Waals surface area (Å²) in [5, 5.41) is 161. The highest BCUT2D eigenvalue weighted by Crippen LogP contribution is 2.76. The Hall–Kier alpha value is -1.75. The summed E-state index contributed by atoms with van der Waals surface area (Å²) in [6, 6.07) is 0. The minimum Gasteiger partial charge on any atom is -0.432 e. The van der Waals surface area contributed by atoms with Crippen molar-refractivity contribution in [3.8, 4) is 0 Å². The van der Waals surface area contributed by atoms with Crippen LogP contribution in [0.3, 0.4) is 0 Å². The zero-order chi connectivity index (χ0) is 61.1. The minimum atomic E-state index is -1.86. The monoisotopic (exact) mass is 1210 g/mol. The first-order valence-electron chi connectivity index (χ1n) is 30.2. The van der Waals surface area contributed by atoms with Crippen LogP contribution in [0.25, 0.3) is 0 Å². The highest BCUT2D eigenvalue weighted by Gasteiger charge is 2.71. The first kappa shape index (κ1) is 65.2. The van der Waals surface area contributed by atoms with E-state index in [1.807, 2.05) is 6.92 Å². The first-order chi connectivity index (χ1) is 39.4. The summed E-state index contributed by atoms with van der Waals surface area (Å²) < 4.78 is 60.2. The molecule has 4 saturated carbocycles. The van der Waals surface area contributed by atoms with Gasteiger partial charge in [0.15, 0.2) is 25.2 Å². The van der Waals surface area contributed by atoms with Gasteiger partial charge in [-0.3, -0.25) is 4.79 Å². The van der Waals surface area contributed by atoms with Gasteiger partial charge in [0, 0.05) is 5.41 Å². The first-order valence-corrected chi connectivity index (χ1v) is 30.2. The highest BCUT2D eigenvalue weighted by molar-refractivity contribution is 5.79. The number of ether oxygens (including phenoxy) is 10. The Balaban J connectivity index is 0.882. The summed E-state index contributed by atoms with van der Waals surface area (Å²) in [5.74, 6) is -0.941. The zero-order valence-electron chi connectivity index (χ0n) is 49.0. The second-order valence-electron chi connectivity index (χ2n) is 28.1. The smallest absolute Gasteiger partial charge is 0.315 e. The molecule has 0 aromatic carbocycles. The van der Waals surface area contributed by atoms with Crippen molar-refractivity contribution in [2.75, 3.05) is 33.0 Å². The number of fused-ring (bicyclic) bond motifs is 7. The second kappa shape index (κ2) is 24.1. The summed E-state index contributed by atoms with van der Waals surface area (Å²) in [5.41, 5.74) is -2.10. The van der Waals surface area contributed by atoms with Crippen LogP contribution in [0.4, 0.5) is 0 Å². The molecular weight excluding hydrogens is 1110 g/mol. The quantitative estimate of drug-likeness (QED) is 0.0499. The van der Waals surface area contributed by atoms with Gasteiger partial charge in [-0.2, -0.15) is 0 Å². The van der Waals surface area contributed by atoms with Crippen LogP contribution in [0.15, 0.2) is 11.6 Å². The molecule has 0 spiro atoms. The highest BCUT2D eigenvalue weighted by atomic mass is 16.8. The second-order valence-corrected chi connectivity index (χ2v) is 28.1. The van der Waals surface area contributed by atoms with Crippen molar-refractivity contribution in [1.29, 1.82) is 0 Å². The number of rotatable bonds is 13. The third-order valence-corrected chi connectivity index (χ3v) is 22.8. The lowest BCUT2D eigenvalue weighted by molar-refractivity contribution is -0.384. The van der Waals surface area contributed by atoms with E-state index in [2.05, 4.69) is 40.7 Å². The summed E-state index contributed by atoms with van der Waals surface area (Å²) in [7, 11) is 0. The van der Waals surface area contributed by atoms with Crippen LogP contribution < -0.4 is 0 Å². The van der Waals surface area contributed by atoms with E-state index >= 15 is 4.79 Å². The van der Waals surface area contributed by atoms with Crippen LogP contribution in [0.2, 0.25) is 0 Å². The molecule has 0 radical (unpaired) electrons. The summed E-state index contributed by atoms with van der Waals surface area (Å²) in [4.78, 5) is 15.2. The van der Waals surface area contributed by atoms with Crippen molar-refractivity contribution in [3.63, 3.8) is 0 Å². The predicted octanol–water partition coefficient (Wildman–Crippen LogP) is -2.93. The van der Waals surface area contributed by atoms with Crippen molar-refractivity contribution in [2.24, 2.45) is 50.2 Å². The van der Waals surface area contributed by atoms with E-state index in [-0.39, 0.29) is 47.2 Å². The molecule has 0 amide bonds. The Morgan fingerprint density at radius 3 is 1.86 bits per heavy atom. The SMILES string of the molecule is C[C@@H]1O[C@@H](O[C@H]2[C@H](O[C@H]3CC[C@@]4(C)[C@@H](CC[C@]5(C)[C@@H]4CC=C4[C@@H]6CC(C)(C)CC[C@]6(C(=O)O[C@@H]6O[C@H](CO[C@@H]7O[C@H](CO)[C@@H](O)[C@H](O)[C@H]7O)[C@@H](O)[C@H](O)[C@H]6O)CC[C@]45C)[C@]3(C)CO)OC[C@H](O)[C@@H]2O[C@@H]2OC[C@H](O)[C@H](O)[C@H]2O)[C@H](O)[C@H](O)[C@H]1O. The van der Waals surface area contributed by atoms with Crippen molar-refractivity contribution in [1.82, 2.24) is 0 Å². The van der Waals surface area contributed by atoms with Gasteiger partial charge in [0.2, 0.25) is 6.29 Å². The van der Waals surface area contributed by atoms with Crippen molar-refractivity contribution in [3.05, 3.63) is 11.6 Å². The number of allylic oxidation sites excluding steroid dienone is 2. The van der Waals surface area contributed by atoms with Crippen LogP contribution in [-0.2, 0) is 52.2 Å². The van der Waals surface area contributed by atoms with Crippen LogP contribution in [0.5, 0.6) is 0 Å². The molecule has 10 aliphatic rings. The number of carbonyl (C=O) groups excluding carboxylic acids is 1. The molecule has 5 saturated heterocycles. The lowest BCUT2D eigenvalue weighted by Crippen LogP contribution is -2.67. The van der Waals surface area contributed by atoms with Crippen LogP contribution in [0.1, 0.15) is 113 Å². The molecule has 84 heavy (non-hydrogen) atoms. The van der Waals surface area contributed by atoms with Gasteiger partial charge in [0.1, 0.15) is 104 Å².